The summed E-state index contributed by atoms with van der Waals surface area (Å²) in [4.78, 5) is 0. The Bertz CT molecular complexity index is 421. The zero-order valence-electron chi connectivity index (χ0n) is 11.0. The summed E-state index contributed by atoms with van der Waals surface area (Å²) >= 11 is 8.44. The van der Waals surface area contributed by atoms with Gasteiger partial charge in [-0.25, -0.2) is 0 Å². The predicted octanol–water partition coefficient (Wildman–Crippen LogP) is 5.02. The first kappa shape index (κ1) is 14.6. The molecule has 100 valence electrons. The van der Waals surface area contributed by atoms with Crippen LogP contribution in [0, 0.1) is 21.3 Å². The van der Waals surface area contributed by atoms with E-state index in [0.717, 1.165) is 20.4 Å². The molecule has 1 aromatic rings. The summed E-state index contributed by atoms with van der Waals surface area (Å²) in [5.41, 5.74) is 7.62. The number of benzene rings is 1. The average molecular weight is 378 g/mol. The number of halogens is 2. The maximum atomic E-state index is 6.44. The van der Waals surface area contributed by atoms with E-state index < -0.39 is 0 Å². The van der Waals surface area contributed by atoms with Crippen LogP contribution in [0.15, 0.2) is 18.2 Å². The van der Waals surface area contributed by atoms with E-state index in [2.05, 4.69) is 48.6 Å². The lowest BCUT2D eigenvalue weighted by Gasteiger charge is -2.35. The lowest BCUT2D eigenvalue weighted by atomic mass is 9.72. The third-order valence-corrected chi connectivity index (χ3v) is 6.05. The van der Waals surface area contributed by atoms with E-state index in [0.29, 0.717) is 5.92 Å². The largest absolute Gasteiger partial charge is 0.324 e. The Morgan fingerprint density at radius 2 is 2.00 bits per heavy atom. The van der Waals surface area contributed by atoms with Crippen molar-refractivity contribution in [3.63, 3.8) is 0 Å². The summed E-state index contributed by atoms with van der Waals surface area (Å²) in [7, 11) is 0. The highest BCUT2D eigenvalue weighted by molar-refractivity contribution is 14.1. The number of hydrogen-bond donors (Lipinski definition) is 1. The number of hydrogen-bond acceptors (Lipinski definition) is 1. The van der Waals surface area contributed by atoms with Gasteiger partial charge in [-0.05, 0) is 70.9 Å². The second kappa shape index (κ2) is 6.10. The van der Waals surface area contributed by atoms with Gasteiger partial charge in [0.05, 0.1) is 5.02 Å². The van der Waals surface area contributed by atoms with Crippen molar-refractivity contribution in [2.24, 2.45) is 23.5 Å². The molecule has 0 spiro atoms. The predicted molar refractivity (Wildman–Crippen MR) is 86.8 cm³/mol. The second-order valence-corrected chi connectivity index (χ2v) is 7.30. The van der Waals surface area contributed by atoms with Gasteiger partial charge in [-0.15, -0.1) is 0 Å². The smallest absolute Gasteiger partial charge is 0.0542 e. The molecule has 0 heterocycles. The molecule has 1 fully saturated rings. The summed E-state index contributed by atoms with van der Waals surface area (Å²) in [6.45, 7) is 4.71. The fourth-order valence-electron chi connectivity index (χ4n) is 2.91. The fourth-order valence-corrected chi connectivity index (χ4v) is 3.43. The maximum Gasteiger partial charge on any atom is 0.0542 e. The molecule has 4 atom stereocenters. The molecule has 0 aliphatic heterocycles. The minimum absolute atomic E-state index is 0.134. The Morgan fingerprint density at radius 1 is 1.28 bits per heavy atom. The molecule has 2 N–H and O–H groups in total. The summed E-state index contributed by atoms with van der Waals surface area (Å²) in [5, 5.41) is 0.820. The van der Waals surface area contributed by atoms with Crippen LogP contribution in [0.25, 0.3) is 0 Å². The molecular weight excluding hydrogens is 357 g/mol. The summed E-state index contributed by atoms with van der Waals surface area (Å²) < 4.78 is 1.09. The van der Waals surface area contributed by atoms with Crippen molar-refractivity contribution in [3.05, 3.63) is 32.4 Å². The van der Waals surface area contributed by atoms with Crippen LogP contribution in [0.5, 0.6) is 0 Å². The van der Waals surface area contributed by atoms with Crippen LogP contribution < -0.4 is 5.73 Å². The SMILES string of the molecule is CC1CCC(C(N)c2ccc(I)c(Cl)c2)CC1C. The highest BCUT2D eigenvalue weighted by Crippen LogP contribution is 2.39. The van der Waals surface area contributed by atoms with Gasteiger partial charge in [0.1, 0.15) is 0 Å². The first-order valence-corrected chi connectivity index (χ1v) is 8.15. The van der Waals surface area contributed by atoms with Crippen LogP contribution >= 0.6 is 34.2 Å². The second-order valence-electron chi connectivity index (χ2n) is 5.73. The van der Waals surface area contributed by atoms with E-state index in [9.17, 15) is 0 Å². The van der Waals surface area contributed by atoms with Crippen molar-refractivity contribution >= 4 is 34.2 Å². The standard InChI is InChI=1S/C15H21ClIN/c1-9-3-4-11(7-10(9)2)15(18)12-5-6-14(17)13(16)8-12/h5-6,8-11,15H,3-4,7,18H2,1-2H3. The third-order valence-electron chi connectivity index (χ3n) is 4.48. The molecule has 0 saturated heterocycles. The van der Waals surface area contributed by atoms with Crippen LogP contribution in [-0.2, 0) is 0 Å². The van der Waals surface area contributed by atoms with E-state index in [4.69, 9.17) is 17.3 Å². The molecular formula is C15H21ClIN. The molecule has 1 aliphatic carbocycles. The summed E-state index contributed by atoms with van der Waals surface area (Å²) in [6.07, 6.45) is 3.79. The summed E-state index contributed by atoms with van der Waals surface area (Å²) in [6, 6.07) is 6.36. The van der Waals surface area contributed by atoms with Crippen molar-refractivity contribution < 1.29 is 0 Å². The van der Waals surface area contributed by atoms with Crippen molar-refractivity contribution in [2.45, 2.75) is 39.2 Å². The molecule has 1 saturated carbocycles. The molecule has 1 nitrogen and oxygen atoms in total. The lowest BCUT2D eigenvalue weighted by Crippen LogP contribution is -2.29. The van der Waals surface area contributed by atoms with Crippen LogP contribution in [0.4, 0.5) is 0 Å². The molecule has 3 heteroatoms. The molecule has 4 unspecified atom stereocenters. The zero-order chi connectivity index (χ0) is 13.3. The Morgan fingerprint density at radius 3 is 2.61 bits per heavy atom. The molecule has 1 aromatic carbocycles. The highest BCUT2D eigenvalue weighted by atomic mass is 127. The van der Waals surface area contributed by atoms with Crippen molar-refractivity contribution in [3.8, 4) is 0 Å². The quantitative estimate of drug-likeness (QED) is 0.720. The molecule has 0 radical (unpaired) electrons. The van der Waals surface area contributed by atoms with Crippen molar-refractivity contribution in [2.75, 3.05) is 0 Å². The van der Waals surface area contributed by atoms with Crippen LogP contribution in [-0.4, -0.2) is 0 Å². The first-order valence-electron chi connectivity index (χ1n) is 6.69. The molecule has 1 aliphatic rings. The van der Waals surface area contributed by atoms with Crippen LogP contribution in [0.3, 0.4) is 0 Å². The van der Waals surface area contributed by atoms with E-state index in [1.807, 2.05) is 6.07 Å². The Balaban J connectivity index is 2.11. The zero-order valence-corrected chi connectivity index (χ0v) is 13.9. The Hall–Kier alpha value is 0.200. The monoisotopic (exact) mass is 377 g/mol. The maximum absolute atomic E-state index is 6.44. The van der Waals surface area contributed by atoms with Crippen LogP contribution in [0.2, 0.25) is 5.02 Å². The van der Waals surface area contributed by atoms with E-state index in [-0.39, 0.29) is 6.04 Å². The van der Waals surface area contributed by atoms with Gasteiger partial charge >= 0.3 is 0 Å². The Labute approximate surface area is 129 Å². The lowest BCUT2D eigenvalue weighted by molar-refractivity contribution is 0.186. The number of rotatable bonds is 2. The first-order chi connectivity index (χ1) is 8.49. The van der Waals surface area contributed by atoms with Crippen molar-refractivity contribution in [1.29, 1.82) is 0 Å². The minimum atomic E-state index is 0.134. The average Bonchev–Trinajstić information content (AvgIpc) is 2.35. The van der Waals surface area contributed by atoms with Crippen molar-refractivity contribution in [1.82, 2.24) is 0 Å². The topological polar surface area (TPSA) is 26.0 Å². The van der Waals surface area contributed by atoms with E-state index >= 15 is 0 Å². The minimum Gasteiger partial charge on any atom is -0.324 e. The van der Waals surface area contributed by atoms with Gasteiger partial charge in [-0.3, -0.25) is 0 Å². The molecule has 0 amide bonds. The van der Waals surface area contributed by atoms with Gasteiger partial charge in [0.2, 0.25) is 0 Å². The van der Waals surface area contributed by atoms with Gasteiger partial charge in [-0.1, -0.05) is 37.9 Å². The molecule has 18 heavy (non-hydrogen) atoms. The van der Waals surface area contributed by atoms with E-state index in [1.165, 1.54) is 24.8 Å². The molecule has 2 rings (SSSR count). The van der Waals surface area contributed by atoms with Gasteiger partial charge < -0.3 is 5.73 Å². The fraction of sp³-hybridized carbons (Fsp3) is 0.600. The summed E-state index contributed by atoms with van der Waals surface area (Å²) in [5.74, 6) is 2.23. The normalized spacial score (nSPS) is 30.2. The van der Waals surface area contributed by atoms with Crippen LogP contribution in [0.1, 0.15) is 44.7 Å². The van der Waals surface area contributed by atoms with Gasteiger partial charge in [0, 0.05) is 9.61 Å². The molecule has 0 bridgehead atoms. The van der Waals surface area contributed by atoms with Gasteiger partial charge in [0.25, 0.3) is 0 Å². The highest BCUT2D eigenvalue weighted by Gasteiger charge is 2.29. The van der Waals surface area contributed by atoms with Gasteiger partial charge in [0.15, 0.2) is 0 Å². The Kier molecular flexibility index (Phi) is 4.95. The molecule has 0 aromatic heterocycles. The third kappa shape index (κ3) is 3.20. The number of nitrogens with two attached hydrogens (primary N) is 1. The van der Waals surface area contributed by atoms with Gasteiger partial charge in [-0.2, -0.15) is 0 Å². The van der Waals surface area contributed by atoms with E-state index in [1.54, 1.807) is 0 Å².